The SMILES string of the molecule is C[C@H]1CCN(C(=O)c2cc[nH]c2)CC1(F)F. The van der Waals surface area contributed by atoms with Crippen LogP contribution in [-0.2, 0) is 0 Å². The average molecular weight is 228 g/mol. The third-order valence-electron chi connectivity index (χ3n) is 3.09. The number of carbonyl (C=O) groups is 1. The summed E-state index contributed by atoms with van der Waals surface area (Å²) in [4.78, 5) is 15.8. The lowest BCUT2D eigenvalue weighted by Gasteiger charge is -2.36. The van der Waals surface area contributed by atoms with Crippen LogP contribution in [0.3, 0.4) is 0 Å². The Morgan fingerprint density at radius 3 is 2.94 bits per heavy atom. The van der Waals surface area contributed by atoms with E-state index in [1.165, 1.54) is 18.0 Å². The van der Waals surface area contributed by atoms with Gasteiger partial charge in [-0.3, -0.25) is 4.79 Å². The summed E-state index contributed by atoms with van der Waals surface area (Å²) in [5, 5.41) is 0. The van der Waals surface area contributed by atoms with Crippen molar-refractivity contribution in [2.75, 3.05) is 13.1 Å². The Kier molecular flexibility index (Phi) is 2.69. The Morgan fingerprint density at radius 2 is 2.38 bits per heavy atom. The molecule has 0 aliphatic carbocycles. The Morgan fingerprint density at radius 1 is 1.62 bits per heavy atom. The standard InChI is InChI=1S/C11H14F2N2O/c1-8-3-5-15(7-11(8,12)13)10(16)9-2-4-14-6-9/h2,4,6,8,14H,3,5,7H2,1H3/t8-/m0/s1. The van der Waals surface area contributed by atoms with Gasteiger partial charge in [-0.25, -0.2) is 8.78 Å². The number of hydrogen-bond acceptors (Lipinski definition) is 1. The van der Waals surface area contributed by atoms with Crippen LogP contribution in [0.15, 0.2) is 18.5 Å². The van der Waals surface area contributed by atoms with Gasteiger partial charge in [-0.2, -0.15) is 0 Å². The van der Waals surface area contributed by atoms with E-state index >= 15 is 0 Å². The topological polar surface area (TPSA) is 36.1 Å². The fourth-order valence-corrected chi connectivity index (χ4v) is 1.86. The summed E-state index contributed by atoms with van der Waals surface area (Å²) in [6, 6.07) is 1.60. The molecule has 0 spiro atoms. The van der Waals surface area contributed by atoms with E-state index in [0.29, 0.717) is 18.5 Å². The molecule has 1 amide bonds. The van der Waals surface area contributed by atoms with Gasteiger partial charge in [0.2, 0.25) is 0 Å². The maximum Gasteiger partial charge on any atom is 0.267 e. The maximum absolute atomic E-state index is 13.4. The molecule has 16 heavy (non-hydrogen) atoms. The second-order valence-corrected chi connectivity index (χ2v) is 4.28. The predicted molar refractivity (Wildman–Crippen MR) is 55.4 cm³/mol. The van der Waals surface area contributed by atoms with Crippen LogP contribution in [0.25, 0.3) is 0 Å². The molecule has 2 rings (SSSR count). The number of alkyl halides is 2. The number of nitrogens with one attached hydrogen (secondary N) is 1. The molecule has 1 aliphatic rings. The Balaban J connectivity index is 2.10. The number of rotatable bonds is 1. The van der Waals surface area contributed by atoms with Gasteiger partial charge in [0.15, 0.2) is 0 Å². The fourth-order valence-electron chi connectivity index (χ4n) is 1.86. The fraction of sp³-hybridized carbons (Fsp3) is 0.545. The van der Waals surface area contributed by atoms with Crippen molar-refractivity contribution in [3.63, 3.8) is 0 Å². The third kappa shape index (κ3) is 1.94. The van der Waals surface area contributed by atoms with Crippen molar-refractivity contribution < 1.29 is 13.6 Å². The van der Waals surface area contributed by atoms with E-state index in [0.717, 1.165) is 0 Å². The van der Waals surface area contributed by atoms with Gasteiger partial charge >= 0.3 is 0 Å². The van der Waals surface area contributed by atoms with Gasteiger partial charge in [-0.05, 0) is 12.5 Å². The smallest absolute Gasteiger partial charge is 0.267 e. The Labute approximate surface area is 92.4 Å². The van der Waals surface area contributed by atoms with E-state index in [2.05, 4.69) is 4.98 Å². The molecule has 0 radical (unpaired) electrons. The van der Waals surface area contributed by atoms with Crippen molar-refractivity contribution in [2.45, 2.75) is 19.3 Å². The van der Waals surface area contributed by atoms with Crippen molar-refractivity contribution in [1.29, 1.82) is 0 Å². The van der Waals surface area contributed by atoms with Crippen LogP contribution in [-0.4, -0.2) is 34.8 Å². The van der Waals surface area contributed by atoms with Crippen LogP contribution in [0.1, 0.15) is 23.7 Å². The Bertz CT molecular complexity index is 375. The van der Waals surface area contributed by atoms with Gasteiger partial charge < -0.3 is 9.88 Å². The van der Waals surface area contributed by atoms with Gasteiger partial charge in [-0.15, -0.1) is 0 Å². The number of H-pyrrole nitrogens is 1. The number of nitrogens with zero attached hydrogens (tertiary/aromatic N) is 1. The first-order valence-electron chi connectivity index (χ1n) is 5.30. The summed E-state index contributed by atoms with van der Waals surface area (Å²) in [5.74, 6) is -3.75. The number of aromatic amines is 1. The number of piperidine rings is 1. The van der Waals surface area contributed by atoms with E-state index in [-0.39, 0.29) is 5.91 Å². The number of hydrogen-bond donors (Lipinski definition) is 1. The molecular formula is C11H14F2N2O. The highest BCUT2D eigenvalue weighted by atomic mass is 19.3. The van der Waals surface area contributed by atoms with E-state index in [4.69, 9.17) is 0 Å². The zero-order valence-electron chi connectivity index (χ0n) is 9.04. The van der Waals surface area contributed by atoms with E-state index in [9.17, 15) is 13.6 Å². The van der Waals surface area contributed by atoms with Crippen molar-refractivity contribution in [3.05, 3.63) is 24.0 Å². The Hall–Kier alpha value is -1.39. The van der Waals surface area contributed by atoms with Gasteiger partial charge in [0.25, 0.3) is 11.8 Å². The molecular weight excluding hydrogens is 214 g/mol. The molecule has 0 unspecified atom stereocenters. The summed E-state index contributed by atoms with van der Waals surface area (Å²) in [7, 11) is 0. The molecule has 3 nitrogen and oxygen atoms in total. The summed E-state index contributed by atoms with van der Waals surface area (Å²) < 4.78 is 26.9. The van der Waals surface area contributed by atoms with Crippen molar-refractivity contribution in [2.24, 2.45) is 5.92 Å². The quantitative estimate of drug-likeness (QED) is 0.785. The number of likely N-dealkylation sites (tertiary alicyclic amines) is 1. The van der Waals surface area contributed by atoms with E-state index in [1.54, 1.807) is 12.3 Å². The highest BCUT2D eigenvalue weighted by molar-refractivity contribution is 5.94. The number of carbonyl (C=O) groups excluding carboxylic acids is 1. The lowest BCUT2D eigenvalue weighted by atomic mass is 9.94. The van der Waals surface area contributed by atoms with Crippen LogP contribution < -0.4 is 0 Å². The van der Waals surface area contributed by atoms with E-state index < -0.39 is 18.4 Å². The van der Waals surface area contributed by atoms with Crippen LogP contribution >= 0.6 is 0 Å². The number of aromatic nitrogens is 1. The minimum atomic E-state index is -2.77. The molecule has 5 heteroatoms. The number of halogens is 2. The summed E-state index contributed by atoms with van der Waals surface area (Å²) in [6.07, 6.45) is 3.49. The zero-order chi connectivity index (χ0) is 11.8. The second-order valence-electron chi connectivity index (χ2n) is 4.28. The molecule has 1 atom stereocenters. The monoisotopic (exact) mass is 228 g/mol. The van der Waals surface area contributed by atoms with Crippen LogP contribution in [0.5, 0.6) is 0 Å². The minimum Gasteiger partial charge on any atom is -0.367 e. The van der Waals surface area contributed by atoms with E-state index in [1.807, 2.05) is 0 Å². The van der Waals surface area contributed by atoms with Crippen molar-refractivity contribution in [1.82, 2.24) is 9.88 Å². The third-order valence-corrected chi connectivity index (χ3v) is 3.09. The molecule has 1 aromatic heterocycles. The molecule has 1 aliphatic heterocycles. The highest BCUT2D eigenvalue weighted by Crippen LogP contribution is 2.32. The van der Waals surface area contributed by atoms with Gasteiger partial charge in [0.05, 0.1) is 12.1 Å². The van der Waals surface area contributed by atoms with Gasteiger partial charge in [-0.1, -0.05) is 6.92 Å². The molecule has 0 aromatic carbocycles. The van der Waals surface area contributed by atoms with Crippen LogP contribution in [0, 0.1) is 5.92 Å². The molecule has 0 saturated carbocycles. The first-order chi connectivity index (χ1) is 7.50. The van der Waals surface area contributed by atoms with Gasteiger partial charge in [0.1, 0.15) is 0 Å². The normalized spacial score (nSPS) is 24.4. The molecule has 88 valence electrons. The zero-order valence-corrected chi connectivity index (χ0v) is 9.04. The molecule has 1 fully saturated rings. The first-order valence-corrected chi connectivity index (χ1v) is 5.30. The van der Waals surface area contributed by atoms with Crippen molar-refractivity contribution >= 4 is 5.91 Å². The lowest BCUT2D eigenvalue weighted by molar-refractivity contribution is -0.0957. The number of amides is 1. The maximum atomic E-state index is 13.4. The predicted octanol–water partition coefficient (Wildman–Crippen LogP) is 2.13. The molecule has 0 bridgehead atoms. The lowest BCUT2D eigenvalue weighted by Crippen LogP contribution is -2.49. The van der Waals surface area contributed by atoms with Crippen LogP contribution in [0.4, 0.5) is 8.78 Å². The average Bonchev–Trinajstić information content (AvgIpc) is 2.74. The first kappa shape index (κ1) is 11.1. The van der Waals surface area contributed by atoms with Gasteiger partial charge in [0, 0.05) is 24.9 Å². The molecule has 1 N–H and O–H groups in total. The minimum absolute atomic E-state index is 0.326. The molecule has 2 heterocycles. The second kappa shape index (κ2) is 3.88. The molecule has 1 aromatic rings. The highest BCUT2D eigenvalue weighted by Gasteiger charge is 2.43. The summed E-state index contributed by atoms with van der Waals surface area (Å²) in [5.41, 5.74) is 0.436. The summed E-state index contributed by atoms with van der Waals surface area (Å²) in [6.45, 7) is 1.46. The molecule has 1 saturated heterocycles. The largest absolute Gasteiger partial charge is 0.367 e. The summed E-state index contributed by atoms with van der Waals surface area (Å²) >= 11 is 0. The van der Waals surface area contributed by atoms with Crippen LogP contribution in [0.2, 0.25) is 0 Å². The van der Waals surface area contributed by atoms with Crippen molar-refractivity contribution in [3.8, 4) is 0 Å².